The summed E-state index contributed by atoms with van der Waals surface area (Å²) in [4.78, 5) is 13.8. The summed E-state index contributed by atoms with van der Waals surface area (Å²) in [5, 5.41) is 0. The molecule has 0 atom stereocenters. The van der Waals surface area contributed by atoms with Gasteiger partial charge in [0.25, 0.3) is 0 Å². The number of ether oxygens (including phenoxy) is 1. The maximum absolute atomic E-state index is 11.0. The molecule has 0 aliphatic rings. The van der Waals surface area contributed by atoms with Crippen LogP contribution >= 0.6 is 12.6 Å². The molecule has 0 bridgehead atoms. The minimum Gasteiger partial charge on any atom is -0.464 e. The minimum absolute atomic E-state index is 0.356. The smallest absolute Gasteiger partial charge is 0.354 e. The van der Waals surface area contributed by atoms with Gasteiger partial charge in [-0.3, -0.25) is 0 Å². The SMILES string of the molecule is COC(=O)c1cc(C=CCS)c[nH]1. The first-order valence-corrected chi connectivity index (χ1v) is 4.45. The van der Waals surface area contributed by atoms with E-state index in [4.69, 9.17) is 0 Å². The number of nitrogens with one attached hydrogen (secondary N) is 1. The molecule has 0 fully saturated rings. The zero-order valence-corrected chi connectivity index (χ0v) is 8.17. The molecule has 0 unspecified atom stereocenters. The van der Waals surface area contributed by atoms with E-state index in [1.165, 1.54) is 7.11 Å². The Morgan fingerprint density at radius 3 is 3.15 bits per heavy atom. The normalized spacial score (nSPS) is 10.6. The average Bonchev–Trinajstić information content (AvgIpc) is 2.62. The molecular formula is C9H11NO2S. The zero-order valence-electron chi connectivity index (χ0n) is 7.28. The number of carbonyl (C=O) groups excluding carboxylic acids is 1. The summed E-state index contributed by atoms with van der Waals surface area (Å²) in [5.41, 5.74) is 1.40. The molecule has 0 saturated heterocycles. The van der Waals surface area contributed by atoms with Crippen LogP contribution in [0.25, 0.3) is 6.08 Å². The lowest BCUT2D eigenvalue weighted by Crippen LogP contribution is -2.00. The highest BCUT2D eigenvalue weighted by molar-refractivity contribution is 7.80. The molecule has 0 radical (unpaired) electrons. The van der Waals surface area contributed by atoms with Crippen molar-refractivity contribution in [1.82, 2.24) is 4.98 Å². The second-order valence-electron chi connectivity index (χ2n) is 2.42. The number of hydrogen-bond acceptors (Lipinski definition) is 3. The predicted molar refractivity (Wildman–Crippen MR) is 55.0 cm³/mol. The van der Waals surface area contributed by atoms with Crippen molar-refractivity contribution >= 4 is 24.7 Å². The van der Waals surface area contributed by atoms with Crippen molar-refractivity contribution in [2.75, 3.05) is 12.9 Å². The Kier molecular flexibility index (Phi) is 3.64. The van der Waals surface area contributed by atoms with Crippen LogP contribution in [0.2, 0.25) is 0 Å². The second kappa shape index (κ2) is 4.77. The number of rotatable bonds is 3. The molecule has 1 aromatic rings. The number of carbonyl (C=O) groups is 1. The molecule has 0 amide bonds. The van der Waals surface area contributed by atoms with E-state index in [9.17, 15) is 4.79 Å². The third-order valence-corrected chi connectivity index (χ3v) is 1.74. The Bertz CT molecular complexity index is 317. The van der Waals surface area contributed by atoms with E-state index < -0.39 is 0 Å². The Morgan fingerprint density at radius 2 is 2.54 bits per heavy atom. The summed E-state index contributed by atoms with van der Waals surface area (Å²) >= 11 is 4.03. The molecule has 1 heterocycles. The van der Waals surface area contributed by atoms with Crippen LogP contribution in [0, 0.1) is 0 Å². The zero-order chi connectivity index (χ0) is 9.68. The van der Waals surface area contributed by atoms with Crippen LogP contribution < -0.4 is 0 Å². The molecule has 1 aromatic heterocycles. The summed E-state index contributed by atoms with van der Waals surface area (Å²) < 4.78 is 4.54. The third kappa shape index (κ3) is 2.66. The number of aromatic nitrogens is 1. The number of esters is 1. The lowest BCUT2D eigenvalue weighted by atomic mass is 10.3. The molecule has 0 saturated carbocycles. The largest absolute Gasteiger partial charge is 0.464 e. The molecule has 1 rings (SSSR count). The topological polar surface area (TPSA) is 42.1 Å². The average molecular weight is 197 g/mol. The van der Waals surface area contributed by atoms with Crippen molar-refractivity contribution in [2.24, 2.45) is 0 Å². The molecule has 4 heteroatoms. The van der Waals surface area contributed by atoms with E-state index in [2.05, 4.69) is 22.3 Å². The van der Waals surface area contributed by atoms with Crippen molar-refractivity contribution in [3.8, 4) is 0 Å². The van der Waals surface area contributed by atoms with Gasteiger partial charge in [-0.25, -0.2) is 4.79 Å². The van der Waals surface area contributed by atoms with Gasteiger partial charge in [-0.15, -0.1) is 0 Å². The highest BCUT2D eigenvalue weighted by Gasteiger charge is 2.05. The van der Waals surface area contributed by atoms with Gasteiger partial charge in [-0.05, 0) is 11.6 Å². The number of hydrogen-bond donors (Lipinski definition) is 2. The molecular weight excluding hydrogens is 186 g/mol. The lowest BCUT2D eigenvalue weighted by Gasteiger charge is -1.91. The van der Waals surface area contributed by atoms with Gasteiger partial charge in [0.1, 0.15) is 5.69 Å². The molecule has 0 spiro atoms. The van der Waals surface area contributed by atoms with Crippen LogP contribution in [0.5, 0.6) is 0 Å². The monoisotopic (exact) mass is 197 g/mol. The standard InChI is InChI=1S/C9H11NO2S/c1-12-9(11)8-5-7(6-10-8)3-2-4-13/h2-3,5-6,10,13H,4H2,1H3. The Morgan fingerprint density at radius 1 is 1.77 bits per heavy atom. The Labute approximate surface area is 82.2 Å². The molecule has 0 aliphatic carbocycles. The first-order valence-electron chi connectivity index (χ1n) is 3.82. The van der Waals surface area contributed by atoms with Gasteiger partial charge < -0.3 is 9.72 Å². The fourth-order valence-corrected chi connectivity index (χ4v) is 1.03. The molecule has 1 N–H and O–H groups in total. The van der Waals surface area contributed by atoms with Crippen LogP contribution in [0.15, 0.2) is 18.3 Å². The summed E-state index contributed by atoms with van der Waals surface area (Å²) in [6.45, 7) is 0. The molecule has 13 heavy (non-hydrogen) atoms. The van der Waals surface area contributed by atoms with Gasteiger partial charge >= 0.3 is 5.97 Å². The fourth-order valence-electron chi connectivity index (χ4n) is 0.924. The van der Waals surface area contributed by atoms with E-state index in [0.717, 1.165) is 5.56 Å². The molecule has 3 nitrogen and oxygen atoms in total. The van der Waals surface area contributed by atoms with Crippen LogP contribution in [-0.2, 0) is 4.74 Å². The number of thiol groups is 1. The fraction of sp³-hybridized carbons (Fsp3) is 0.222. The number of H-pyrrole nitrogens is 1. The predicted octanol–water partition coefficient (Wildman–Crippen LogP) is 1.74. The van der Waals surface area contributed by atoms with E-state index >= 15 is 0 Å². The van der Waals surface area contributed by atoms with Gasteiger partial charge in [-0.2, -0.15) is 12.6 Å². The van der Waals surface area contributed by atoms with E-state index in [0.29, 0.717) is 11.4 Å². The lowest BCUT2D eigenvalue weighted by molar-refractivity contribution is 0.0595. The number of aromatic amines is 1. The van der Waals surface area contributed by atoms with Gasteiger partial charge in [0.2, 0.25) is 0 Å². The van der Waals surface area contributed by atoms with E-state index in [1.54, 1.807) is 12.3 Å². The van der Waals surface area contributed by atoms with Crippen molar-refractivity contribution in [3.63, 3.8) is 0 Å². The minimum atomic E-state index is -0.356. The van der Waals surface area contributed by atoms with Crippen LogP contribution in [0.1, 0.15) is 16.1 Å². The summed E-state index contributed by atoms with van der Waals surface area (Å²) in [6.07, 6.45) is 5.52. The van der Waals surface area contributed by atoms with Gasteiger partial charge in [-0.1, -0.05) is 12.2 Å². The van der Waals surface area contributed by atoms with Crippen LogP contribution in [-0.4, -0.2) is 23.8 Å². The van der Waals surface area contributed by atoms with Crippen LogP contribution in [0.3, 0.4) is 0 Å². The highest BCUT2D eigenvalue weighted by atomic mass is 32.1. The Balaban J connectivity index is 2.74. The van der Waals surface area contributed by atoms with E-state index in [-0.39, 0.29) is 5.97 Å². The first kappa shape index (κ1) is 9.92. The van der Waals surface area contributed by atoms with Crippen molar-refractivity contribution in [3.05, 3.63) is 29.6 Å². The molecule has 70 valence electrons. The Hall–Kier alpha value is -1.16. The van der Waals surface area contributed by atoms with Crippen molar-refractivity contribution < 1.29 is 9.53 Å². The van der Waals surface area contributed by atoms with Crippen LogP contribution in [0.4, 0.5) is 0 Å². The molecule has 0 aromatic carbocycles. The highest BCUT2D eigenvalue weighted by Crippen LogP contribution is 2.06. The van der Waals surface area contributed by atoms with Crippen molar-refractivity contribution in [2.45, 2.75) is 0 Å². The maximum Gasteiger partial charge on any atom is 0.354 e. The van der Waals surface area contributed by atoms with Crippen molar-refractivity contribution in [1.29, 1.82) is 0 Å². The van der Waals surface area contributed by atoms with Gasteiger partial charge in [0, 0.05) is 11.9 Å². The summed E-state index contributed by atoms with van der Waals surface area (Å²) in [7, 11) is 1.35. The van der Waals surface area contributed by atoms with Gasteiger partial charge in [0.15, 0.2) is 0 Å². The maximum atomic E-state index is 11.0. The van der Waals surface area contributed by atoms with E-state index in [1.807, 2.05) is 12.2 Å². The second-order valence-corrected chi connectivity index (χ2v) is 2.79. The number of methoxy groups -OCH3 is 1. The summed E-state index contributed by atoms with van der Waals surface area (Å²) in [5.74, 6) is 0.323. The first-order chi connectivity index (χ1) is 6.27. The third-order valence-electron chi connectivity index (χ3n) is 1.53. The van der Waals surface area contributed by atoms with Gasteiger partial charge in [0.05, 0.1) is 7.11 Å². The molecule has 0 aliphatic heterocycles. The quantitative estimate of drug-likeness (QED) is 0.572. The summed E-state index contributed by atoms with van der Waals surface area (Å²) in [6, 6.07) is 1.73.